The Morgan fingerprint density at radius 2 is 2.12 bits per heavy atom. The molecule has 4 nitrogen and oxygen atoms in total. The summed E-state index contributed by atoms with van der Waals surface area (Å²) in [6.45, 7) is 7.85. The molecule has 0 aliphatic carbocycles. The highest BCUT2D eigenvalue weighted by atomic mass is 16.3. The first-order valence-electron chi connectivity index (χ1n) is 5.89. The molecule has 1 rings (SSSR count). The Kier molecular flexibility index (Phi) is 4.96. The number of imidazole rings is 1. The van der Waals surface area contributed by atoms with Crippen molar-refractivity contribution in [3.63, 3.8) is 0 Å². The van der Waals surface area contributed by atoms with E-state index >= 15 is 0 Å². The minimum atomic E-state index is -0.229. The summed E-state index contributed by atoms with van der Waals surface area (Å²) in [5, 5.41) is 9.22. The summed E-state index contributed by atoms with van der Waals surface area (Å²) in [5.41, 5.74) is 0. The molecule has 16 heavy (non-hydrogen) atoms. The van der Waals surface area contributed by atoms with Gasteiger partial charge in [0.05, 0.1) is 12.6 Å². The Labute approximate surface area is 97.9 Å². The molecule has 1 unspecified atom stereocenters. The first-order chi connectivity index (χ1) is 7.50. The number of aliphatic hydroxyl groups excluding tert-OH is 1. The molecule has 0 spiro atoms. The van der Waals surface area contributed by atoms with E-state index in [1.54, 1.807) is 0 Å². The lowest BCUT2D eigenvalue weighted by Crippen LogP contribution is -2.24. The average Bonchev–Trinajstić information content (AvgIpc) is 2.62. The molecule has 0 aromatic carbocycles. The van der Waals surface area contributed by atoms with Crippen LogP contribution in [0.1, 0.15) is 39.1 Å². The van der Waals surface area contributed by atoms with Crippen molar-refractivity contribution >= 4 is 0 Å². The maximum absolute atomic E-state index is 9.22. The van der Waals surface area contributed by atoms with E-state index in [-0.39, 0.29) is 6.10 Å². The van der Waals surface area contributed by atoms with Gasteiger partial charge in [-0.1, -0.05) is 0 Å². The highest BCUT2D eigenvalue weighted by molar-refractivity contribution is 4.94. The van der Waals surface area contributed by atoms with Crippen molar-refractivity contribution in [1.29, 1.82) is 0 Å². The van der Waals surface area contributed by atoms with Crippen LogP contribution in [-0.4, -0.2) is 39.3 Å². The lowest BCUT2D eigenvalue weighted by Gasteiger charge is -2.19. The normalized spacial score (nSPS) is 13.7. The maximum atomic E-state index is 9.22. The van der Waals surface area contributed by atoms with Crippen molar-refractivity contribution in [2.24, 2.45) is 0 Å². The fourth-order valence-electron chi connectivity index (χ4n) is 1.66. The molecular weight excluding hydrogens is 202 g/mol. The third-order valence-corrected chi connectivity index (χ3v) is 2.65. The summed E-state index contributed by atoms with van der Waals surface area (Å²) in [7, 11) is 2.06. The standard InChI is InChI=1S/C12H23N3O/c1-10(2)15-8-6-13-12(15)9-14(4)7-5-11(3)16/h6,8,10-11,16H,5,7,9H2,1-4H3. The Hall–Kier alpha value is -0.870. The number of hydrogen-bond acceptors (Lipinski definition) is 3. The highest BCUT2D eigenvalue weighted by Gasteiger charge is 2.09. The van der Waals surface area contributed by atoms with Gasteiger partial charge in [0, 0.05) is 25.0 Å². The molecule has 0 aliphatic heterocycles. The summed E-state index contributed by atoms with van der Waals surface area (Å²) >= 11 is 0. The molecule has 1 atom stereocenters. The van der Waals surface area contributed by atoms with Gasteiger partial charge < -0.3 is 9.67 Å². The molecule has 92 valence electrons. The summed E-state index contributed by atoms with van der Waals surface area (Å²) in [5.74, 6) is 1.09. The molecule has 0 radical (unpaired) electrons. The molecule has 0 aliphatic rings. The monoisotopic (exact) mass is 225 g/mol. The molecule has 0 saturated carbocycles. The van der Waals surface area contributed by atoms with Gasteiger partial charge in [0.1, 0.15) is 5.82 Å². The van der Waals surface area contributed by atoms with Gasteiger partial charge in [-0.2, -0.15) is 0 Å². The Morgan fingerprint density at radius 3 is 2.69 bits per heavy atom. The van der Waals surface area contributed by atoms with Gasteiger partial charge >= 0.3 is 0 Å². The molecule has 0 amide bonds. The van der Waals surface area contributed by atoms with E-state index in [9.17, 15) is 5.11 Å². The van der Waals surface area contributed by atoms with Gasteiger partial charge in [-0.05, 0) is 34.2 Å². The Morgan fingerprint density at radius 1 is 1.44 bits per heavy atom. The number of aromatic nitrogens is 2. The molecule has 1 N–H and O–H groups in total. The fraction of sp³-hybridized carbons (Fsp3) is 0.750. The molecule has 4 heteroatoms. The van der Waals surface area contributed by atoms with Crippen LogP contribution in [0, 0.1) is 0 Å². The lowest BCUT2D eigenvalue weighted by molar-refractivity contribution is 0.161. The zero-order chi connectivity index (χ0) is 12.1. The summed E-state index contributed by atoms with van der Waals surface area (Å²) < 4.78 is 2.18. The number of nitrogens with zero attached hydrogens (tertiary/aromatic N) is 3. The largest absolute Gasteiger partial charge is 0.393 e. The SMILES string of the molecule is CC(O)CCN(C)Cc1nccn1C(C)C. The van der Waals surface area contributed by atoms with Gasteiger partial charge in [0.25, 0.3) is 0 Å². The zero-order valence-corrected chi connectivity index (χ0v) is 10.7. The van der Waals surface area contributed by atoms with Gasteiger partial charge in [-0.25, -0.2) is 4.98 Å². The van der Waals surface area contributed by atoms with Crippen LogP contribution in [0.5, 0.6) is 0 Å². The predicted molar refractivity (Wildman–Crippen MR) is 65.2 cm³/mol. The van der Waals surface area contributed by atoms with E-state index in [1.807, 2.05) is 19.3 Å². The second-order valence-corrected chi connectivity index (χ2v) is 4.72. The molecule has 0 saturated heterocycles. The van der Waals surface area contributed by atoms with E-state index in [0.29, 0.717) is 6.04 Å². The van der Waals surface area contributed by atoms with Crippen LogP contribution < -0.4 is 0 Å². The van der Waals surface area contributed by atoms with Gasteiger partial charge in [0.2, 0.25) is 0 Å². The lowest BCUT2D eigenvalue weighted by atomic mass is 10.3. The van der Waals surface area contributed by atoms with Crippen LogP contribution in [0.2, 0.25) is 0 Å². The molecular formula is C12H23N3O. The average molecular weight is 225 g/mol. The molecule has 0 bridgehead atoms. The second kappa shape index (κ2) is 6.01. The second-order valence-electron chi connectivity index (χ2n) is 4.72. The van der Waals surface area contributed by atoms with Gasteiger partial charge in [-0.15, -0.1) is 0 Å². The zero-order valence-electron chi connectivity index (χ0n) is 10.7. The van der Waals surface area contributed by atoms with Crippen molar-refractivity contribution in [3.05, 3.63) is 18.2 Å². The van der Waals surface area contributed by atoms with Crippen LogP contribution in [0.25, 0.3) is 0 Å². The van der Waals surface area contributed by atoms with Crippen molar-refractivity contribution < 1.29 is 5.11 Å². The molecule has 1 aromatic heterocycles. The topological polar surface area (TPSA) is 41.3 Å². The van der Waals surface area contributed by atoms with Crippen molar-refractivity contribution in [2.45, 2.75) is 45.9 Å². The maximum Gasteiger partial charge on any atom is 0.123 e. The third kappa shape index (κ3) is 3.94. The number of rotatable bonds is 6. The van der Waals surface area contributed by atoms with Crippen LogP contribution >= 0.6 is 0 Å². The first kappa shape index (κ1) is 13.2. The minimum absolute atomic E-state index is 0.229. The van der Waals surface area contributed by atoms with E-state index in [0.717, 1.165) is 25.3 Å². The highest BCUT2D eigenvalue weighted by Crippen LogP contribution is 2.09. The Balaban J connectivity index is 2.49. The Bertz CT molecular complexity index is 307. The van der Waals surface area contributed by atoms with Crippen molar-refractivity contribution in [3.8, 4) is 0 Å². The smallest absolute Gasteiger partial charge is 0.123 e. The van der Waals surface area contributed by atoms with Crippen LogP contribution in [0.15, 0.2) is 12.4 Å². The molecule has 0 fully saturated rings. The van der Waals surface area contributed by atoms with E-state index in [4.69, 9.17) is 0 Å². The van der Waals surface area contributed by atoms with E-state index in [1.165, 1.54) is 0 Å². The minimum Gasteiger partial charge on any atom is -0.393 e. The van der Waals surface area contributed by atoms with E-state index < -0.39 is 0 Å². The van der Waals surface area contributed by atoms with E-state index in [2.05, 4.69) is 35.3 Å². The van der Waals surface area contributed by atoms with Gasteiger partial charge in [0.15, 0.2) is 0 Å². The van der Waals surface area contributed by atoms with Crippen molar-refractivity contribution in [1.82, 2.24) is 14.5 Å². The van der Waals surface area contributed by atoms with Gasteiger partial charge in [-0.3, -0.25) is 4.90 Å². The van der Waals surface area contributed by atoms with Crippen LogP contribution in [0.4, 0.5) is 0 Å². The third-order valence-electron chi connectivity index (χ3n) is 2.65. The molecule has 1 aromatic rings. The van der Waals surface area contributed by atoms with Crippen molar-refractivity contribution in [2.75, 3.05) is 13.6 Å². The fourth-order valence-corrected chi connectivity index (χ4v) is 1.66. The predicted octanol–water partition coefficient (Wildman–Crippen LogP) is 1.67. The number of hydrogen-bond donors (Lipinski definition) is 1. The summed E-state index contributed by atoms with van der Waals surface area (Å²) in [4.78, 5) is 6.55. The quantitative estimate of drug-likeness (QED) is 0.800. The summed E-state index contributed by atoms with van der Waals surface area (Å²) in [6, 6.07) is 0.447. The van der Waals surface area contributed by atoms with Crippen LogP contribution in [-0.2, 0) is 6.54 Å². The van der Waals surface area contributed by atoms with Crippen LogP contribution in [0.3, 0.4) is 0 Å². The summed E-state index contributed by atoms with van der Waals surface area (Å²) in [6.07, 6.45) is 4.44. The first-order valence-corrected chi connectivity index (χ1v) is 5.89. The molecule has 1 heterocycles. The number of aliphatic hydroxyl groups is 1.